The molecule has 0 bridgehead atoms. The van der Waals surface area contributed by atoms with Gasteiger partial charge in [0.1, 0.15) is 0 Å². The molecule has 1 aliphatic heterocycles. The predicted octanol–water partition coefficient (Wildman–Crippen LogP) is 1.54. The molecule has 19 heavy (non-hydrogen) atoms. The van der Waals surface area contributed by atoms with Crippen LogP contribution in [0.15, 0.2) is 31.4 Å². The van der Waals surface area contributed by atoms with E-state index < -0.39 is 11.7 Å². The normalized spacial score (nSPS) is 13.6. The summed E-state index contributed by atoms with van der Waals surface area (Å²) in [5.74, 6) is -2.14. The van der Waals surface area contributed by atoms with E-state index in [1.54, 1.807) is 0 Å². The average molecular weight is 259 g/mol. The monoisotopic (exact) mass is 259 g/mol. The van der Waals surface area contributed by atoms with E-state index in [-0.39, 0.29) is 35.6 Å². The van der Waals surface area contributed by atoms with Crippen LogP contribution in [0, 0.1) is 0 Å². The van der Waals surface area contributed by atoms with Crippen molar-refractivity contribution in [1.29, 1.82) is 0 Å². The third-order valence-electron chi connectivity index (χ3n) is 2.98. The highest BCUT2D eigenvalue weighted by Crippen LogP contribution is 2.42. The summed E-state index contributed by atoms with van der Waals surface area (Å²) in [6, 6.07) is 1.21. The minimum Gasteiger partial charge on any atom is -0.504 e. The third kappa shape index (κ3) is 1.79. The van der Waals surface area contributed by atoms with Crippen molar-refractivity contribution in [2.24, 2.45) is 0 Å². The minimum atomic E-state index is -0.691. The second-order valence-corrected chi connectivity index (χ2v) is 4.14. The molecule has 2 rings (SSSR count). The van der Waals surface area contributed by atoms with E-state index in [1.807, 2.05) is 0 Å². The van der Waals surface area contributed by atoms with Gasteiger partial charge in [-0.15, -0.1) is 13.2 Å². The van der Waals surface area contributed by atoms with Gasteiger partial charge in [0.25, 0.3) is 11.7 Å². The second-order valence-electron chi connectivity index (χ2n) is 4.14. The predicted molar refractivity (Wildman–Crippen MR) is 70.6 cm³/mol. The largest absolute Gasteiger partial charge is 0.504 e. The maximum Gasteiger partial charge on any atom is 0.299 e. The number of allylic oxidation sites excluding steroid dienone is 1. The maximum atomic E-state index is 12.0. The van der Waals surface area contributed by atoms with Gasteiger partial charge < -0.3 is 15.1 Å². The smallest absolute Gasteiger partial charge is 0.299 e. The van der Waals surface area contributed by atoms with Crippen LogP contribution in [0.1, 0.15) is 15.9 Å². The number of carbonyl (C=O) groups is 2. The number of anilines is 1. The van der Waals surface area contributed by atoms with Crippen LogP contribution in [0.4, 0.5) is 5.69 Å². The summed E-state index contributed by atoms with van der Waals surface area (Å²) < 4.78 is 0. The van der Waals surface area contributed by atoms with Gasteiger partial charge in [0.15, 0.2) is 11.5 Å². The van der Waals surface area contributed by atoms with Gasteiger partial charge in [0.05, 0.1) is 11.3 Å². The molecule has 0 fully saturated rings. The van der Waals surface area contributed by atoms with Crippen molar-refractivity contribution in [2.45, 2.75) is 6.42 Å². The molecular weight excluding hydrogens is 246 g/mol. The Bertz CT molecular complexity index is 604. The summed E-state index contributed by atoms with van der Waals surface area (Å²) in [7, 11) is 0. The average Bonchev–Trinajstić information content (AvgIpc) is 2.60. The van der Waals surface area contributed by atoms with E-state index in [9.17, 15) is 19.8 Å². The molecule has 0 spiro atoms. The molecule has 0 unspecified atom stereocenters. The Morgan fingerprint density at radius 2 is 1.89 bits per heavy atom. The highest BCUT2D eigenvalue weighted by Gasteiger charge is 2.38. The quantitative estimate of drug-likeness (QED) is 0.488. The molecule has 5 heteroatoms. The number of hydrogen-bond acceptors (Lipinski definition) is 4. The van der Waals surface area contributed by atoms with Crippen LogP contribution in [0.5, 0.6) is 11.5 Å². The lowest BCUT2D eigenvalue weighted by molar-refractivity contribution is -0.114. The van der Waals surface area contributed by atoms with Gasteiger partial charge in [0.2, 0.25) is 0 Å². The van der Waals surface area contributed by atoms with Crippen molar-refractivity contribution < 1.29 is 19.8 Å². The fraction of sp³-hybridized carbons (Fsp3) is 0.143. The third-order valence-corrected chi connectivity index (χ3v) is 2.98. The van der Waals surface area contributed by atoms with E-state index in [1.165, 1.54) is 23.1 Å². The number of aromatic hydroxyl groups is 2. The van der Waals surface area contributed by atoms with Crippen LogP contribution < -0.4 is 4.90 Å². The molecule has 1 amide bonds. The number of nitrogens with zero attached hydrogens (tertiary/aromatic N) is 1. The van der Waals surface area contributed by atoms with E-state index in [0.717, 1.165) is 0 Å². The molecule has 5 nitrogen and oxygen atoms in total. The number of benzene rings is 1. The first-order valence-corrected chi connectivity index (χ1v) is 5.68. The Morgan fingerprint density at radius 1 is 1.21 bits per heavy atom. The van der Waals surface area contributed by atoms with Crippen LogP contribution in [0.2, 0.25) is 0 Å². The number of phenolic OH excluding ortho intramolecular Hbond substituents is 2. The highest BCUT2D eigenvalue weighted by atomic mass is 16.3. The fourth-order valence-corrected chi connectivity index (χ4v) is 2.16. The van der Waals surface area contributed by atoms with Gasteiger partial charge in [-0.1, -0.05) is 12.2 Å². The van der Waals surface area contributed by atoms with Crippen molar-refractivity contribution in [3.63, 3.8) is 0 Å². The van der Waals surface area contributed by atoms with Crippen LogP contribution in [0.3, 0.4) is 0 Å². The van der Waals surface area contributed by atoms with Gasteiger partial charge >= 0.3 is 0 Å². The lowest BCUT2D eigenvalue weighted by Gasteiger charge is -2.15. The Labute approximate surface area is 110 Å². The summed E-state index contributed by atoms with van der Waals surface area (Å²) in [6.07, 6.45) is 3.16. The van der Waals surface area contributed by atoms with Crippen molar-refractivity contribution in [1.82, 2.24) is 0 Å². The standard InChI is InChI=1S/C14H13NO4/c1-3-5-8-11-9(7-10(16)12(8)17)15(6-4-2)14(19)13(11)18/h3-4,7,16-17H,1-2,5-6H2. The first-order valence-electron chi connectivity index (χ1n) is 5.68. The van der Waals surface area contributed by atoms with Crippen LogP contribution in [-0.4, -0.2) is 28.4 Å². The number of fused-ring (bicyclic) bond motifs is 1. The number of Topliss-reactive ketones (excluding diaryl/α,β-unsaturated/α-hetero) is 1. The van der Waals surface area contributed by atoms with Crippen molar-refractivity contribution in [2.75, 3.05) is 11.4 Å². The summed E-state index contributed by atoms with van der Waals surface area (Å²) in [5, 5.41) is 19.5. The van der Waals surface area contributed by atoms with Gasteiger partial charge in [-0.25, -0.2) is 0 Å². The Hall–Kier alpha value is -2.56. The van der Waals surface area contributed by atoms with E-state index in [4.69, 9.17) is 0 Å². The Kier molecular flexibility index (Phi) is 3.12. The summed E-state index contributed by atoms with van der Waals surface area (Å²) >= 11 is 0. The van der Waals surface area contributed by atoms with Gasteiger partial charge in [-0.2, -0.15) is 0 Å². The van der Waals surface area contributed by atoms with Crippen LogP contribution >= 0.6 is 0 Å². The zero-order chi connectivity index (χ0) is 14.2. The number of rotatable bonds is 4. The van der Waals surface area contributed by atoms with E-state index in [0.29, 0.717) is 5.69 Å². The van der Waals surface area contributed by atoms with Crippen molar-refractivity contribution >= 4 is 17.4 Å². The summed E-state index contributed by atoms with van der Waals surface area (Å²) in [5.41, 5.74) is 0.638. The minimum absolute atomic E-state index is 0.127. The number of carbonyl (C=O) groups excluding carboxylic acids is 2. The van der Waals surface area contributed by atoms with Crippen molar-refractivity contribution in [3.05, 3.63) is 42.5 Å². The van der Waals surface area contributed by atoms with E-state index >= 15 is 0 Å². The van der Waals surface area contributed by atoms with Crippen LogP contribution in [-0.2, 0) is 11.2 Å². The highest BCUT2D eigenvalue weighted by molar-refractivity contribution is 6.52. The molecule has 0 saturated heterocycles. The fourth-order valence-electron chi connectivity index (χ4n) is 2.16. The Morgan fingerprint density at radius 3 is 2.47 bits per heavy atom. The zero-order valence-corrected chi connectivity index (χ0v) is 10.2. The first kappa shape index (κ1) is 12.9. The van der Waals surface area contributed by atoms with Gasteiger partial charge in [0, 0.05) is 18.2 Å². The molecule has 0 radical (unpaired) electrons. The molecule has 0 aromatic heterocycles. The molecule has 98 valence electrons. The molecule has 0 aliphatic carbocycles. The van der Waals surface area contributed by atoms with E-state index in [2.05, 4.69) is 13.2 Å². The second kappa shape index (κ2) is 4.61. The lowest BCUT2D eigenvalue weighted by atomic mass is 9.99. The molecule has 2 N–H and O–H groups in total. The van der Waals surface area contributed by atoms with Crippen LogP contribution in [0.25, 0.3) is 0 Å². The zero-order valence-electron chi connectivity index (χ0n) is 10.2. The van der Waals surface area contributed by atoms with Gasteiger partial charge in [-0.05, 0) is 6.42 Å². The number of ketones is 1. The van der Waals surface area contributed by atoms with Gasteiger partial charge in [-0.3, -0.25) is 9.59 Å². The first-order chi connectivity index (χ1) is 9.02. The Balaban J connectivity index is 2.72. The molecular formula is C14H13NO4. The van der Waals surface area contributed by atoms with Crippen molar-refractivity contribution in [3.8, 4) is 11.5 Å². The maximum absolute atomic E-state index is 12.0. The lowest BCUT2D eigenvalue weighted by Crippen LogP contribution is -2.29. The molecule has 1 aliphatic rings. The topological polar surface area (TPSA) is 77.8 Å². The number of amides is 1. The summed E-state index contributed by atoms with van der Waals surface area (Å²) in [6.45, 7) is 7.22. The summed E-state index contributed by atoms with van der Waals surface area (Å²) in [4.78, 5) is 25.1. The molecule has 1 heterocycles. The SMILES string of the molecule is C=CCc1c(O)c(O)cc2c1C(=O)C(=O)N2CC=C. The molecule has 1 aromatic carbocycles. The number of phenols is 2. The molecule has 1 aromatic rings. The molecule has 0 atom stereocenters. The molecule has 0 saturated carbocycles. The number of hydrogen-bond donors (Lipinski definition) is 2.